The van der Waals surface area contributed by atoms with Crippen molar-refractivity contribution in [3.05, 3.63) is 60.8 Å². The van der Waals surface area contributed by atoms with Gasteiger partial charge in [-0.25, -0.2) is 4.98 Å². The van der Waals surface area contributed by atoms with Crippen LogP contribution in [0.3, 0.4) is 0 Å². The van der Waals surface area contributed by atoms with Crippen molar-refractivity contribution in [3.63, 3.8) is 0 Å². The summed E-state index contributed by atoms with van der Waals surface area (Å²) in [7, 11) is 0. The van der Waals surface area contributed by atoms with Crippen molar-refractivity contribution in [2.24, 2.45) is 0 Å². The predicted molar refractivity (Wildman–Crippen MR) is 96.4 cm³/mol. The first-order valence-corrected chi connectivity index (χ1v) is 7.87. The topological polar surface area (TPSA) is 145 Å². The molecular weight excluding hydrogens is 344 g/mol. The molecule has 10 heteroatoms. The Morgan fingerprint density at radius 1 is 1.11 bits per heavy atom. The van der Waals surface area contributed by atoms with E-state index in [9.17, 15) is 0 Å². The van der Waals surface area contributed by atoms with Gasteiger partial charge in [0.25, 0.3) is 0 Å². The second kappa shape index (κ2) is 7.24. The zero-order chi connectivity index (χ0) is 18.5. The summed E-state index contributed by atoms with van der Waals surface area (Å²) in [5, 5.41) is 32.7. The number of nitriles is 1. The van der Waals surface area contributed by atoms with E-state index in [0.29, 0.717) is 11.6 Å². The Hall–Kier alpha value is -4.39. The molecule has 0 radical (unpaired) electrons. The van der Waals surface area contributed by atoms with Crippen LogP contribution in [0.4, 0.5) is 5.69 Å². The predicted octanol–water partition coefficient (Wildman–Crippen LogP) is 2.02. The van der Waals surface area contributed by atoms with Gasteiger partial charge < -0.3 is 5.32 Å². The fraction of sp³-hybridized carbons (Fsp3) is 0. The minimum Gasteiger partial charge on any atom is -0.360 e. The molecule has 3 N–H and O–H groups in total. The molecular formula is C17H12N10. The molecule has 1 aromatic carbocycles. The Morgan fingerprint density at radius 2 is 2.00 bits per heavy atom. The van der Waals surface area contributed by atoms with Crippen LogP contribution in [0.25, 0.3) is 28.3 Å². The first kappa shape index (κ1) is 16.1. The lowest BCUT2D eigenvalue weighted by molar-refractivity contribution is 0.881. The standard InChI is InChI=1S/C17H12N10/c18-8-13(17-24-26-27-25-17)10-20-14-5-3-11(4-6-14)15-21-16(23-22-15)12-2-1-7-19-9-12/h1-7,9-10,20H,(H,21,22,23)(H,24,25,26,27). The number of hydrogen-bond donors (Lipinski definition) is 3. The zero-order valence-electron chi connectivity index (χ0n) is 13.8. The van der Waals surface area contributed by atoms with Gasteiger partial charge in [-0.3, -0.25) is 10.1 Å². The summed E-state index contributed by atoms with van der Waals surface area (Å²) in [6, 6.07) is 13.3. The number of benzene rings is 1. The molecule has 0 aliphatic heterocycles. The van der Waals surface area contributed by atoms with Gasteiger partial charge in [-0.05, 0) is 41.6 Å². The fourth-order valence-electron chi connectivity index (χ4n) is 2.32. The van der Waals surface area contributed by atoms with E-state index in [1.165, 1.54) is 6.20 Å². The molecule has 0 unspecified atom stereocenters. The molecule has 4 rings (SSSR count). The van der Waals surface area contributed by atoms with Crippen molar-refractivity contribution in [3.8, 4) is 28.8 Å². The van der Waals surface area contributed by atoms with Crippen molar-refractivity contribution in [1.29, 1.82) is 5.26 Å². The molecule has 0 atom stereocenters. The van der Waals surface area contributed by atoms with E-state index in [1.54, 1.807) is 12.4 Å². The third-order valence-corrected chi connectivity index (χ3v) is 3.65. The van der Waals surface area contributed by atoms with E-state index < -0.39 is 0 Å². The molecule has 0 aliphatic carbocycles. The van der Waals surface area contributed by atoms with Crippen LogP contribution in [0.2, 0.25) is 0 Å². The molecule has 3 aromatic heterocycles. The molecule has 130 valence electrons. The van der Waals surface area contributed by atoms with Crippen molar-refractivity contribution < 1.29 is 0 Å². The van der Waals surface area contributed by atoms with Gasteiger partial charge in [-0.2, -0.15) is 15.6 Å². The molecule has 10 nitrogen and oxygen atoms in total. The maximum absolute atomic E-state index is 9.16. The quantitative estimate of drug-likeness (QED) is 0.461. The third kappa shape index (κ3) is 3.52. The highest BCUT2D eigenvalue weighted by molar-refractivity contribution is 5.74. The van der Waals surface area contributed by atoms with Gasteiger partial charge in [-0.1, -0.05) is 0 Å². The highest BCUT2D eigenvalue weighted by Crippen LogP contribution is 2.21. The molecule has 0 spiro atoms. The van der Waals surface area contributed by atoms with Crippen molar-refractivity contribution in [1.82, 2.24) is 40.8 Å². The Labute approximate surface area is 153 Å². The van der Waals surface area contributed by atoms with E-state index in [2.05, 4.69) is 46.1 Å². The number of nitrogens with one attached hydrogen (secondary N) is 3. The van der Waals surface area contributed by atoms with E-state index in [-0.39, 0.29) is 11.4 Å². The second-order valence-electron chi connectivity index (χ2n) is 5.38. The van der Waals surface area contributed by atoms with Crippen molar-refractivity contribution >= 4 is 11.3 Å². The molecule has 0 fully saturated rings. The molecule has 0 aliphatic rings. The van der Waals surface area contributed by atoms with Gasteiger partial charge in [0, 0.05) is 35.4 Å². The summed E-state index contributed by atoms with van der Waals surface area (Å²) < 4.78 is 0. The van der Waals surface area contributed by atoms with Gasteiger partial charge in [0.15, 0.2) is 11.6 Å². The number of aromatic amines is 2. The van der Waals surface area contributed by atoms with E-state index in [0.717, 1.165) is 16.8 Å². The molecule has 27 heavy (non-hydrogen) atoms. The SMILES string of the molecule is N#CC(=CNc1ccc(-c2nc(-c3cccnc3)n[nH]2)cc1)c1nn[nH]n1. The highest BCUT2D eigenvalue weighted by Gasteiger charge is 2.08. The summed E-state index contributed by atoms with van der Waals surface area (Å²) in [6.45, 7) is 0. The number of allylic oxidation sites excluding steroid dienone is 1. The maximum Gasteiger partial charge on any atom is 0.216 e. The monoisotopic (exact) mass is 356 g/mol. The summed E-state index contributed by atoms with van der Waals surface area (Å²) in [4.78, 5) is 8.56. The van der Waals surface area contributed by atoms with E-state index in [4.69, 9.17) is 5.26 Å². The normalized spacial score (nSPS) is 11.1. The molecule has 3 heterocycles. The van der Waals surface area contributed by atoms with Crippen molar-refractivity contribution in [2.75, 3.05) is 5.32 Å². The number of aromatic nitrogens is 8. The van der Waals surface area contributed by atoms with Gasteiger partial charge >= 0.3 is 0 Å². The van der Waals surface area contributed by atoms with Crippen LogP contribution in [0.5, 0.6) is 0 Å². The minimum atomic E-state index is 0.228. The van der Waals surface area contributed by atoms with Gasteiger partial charge in [0.05, 0.1) is 0 Å². The van der Waals surface area contributed by atoms with Gasteiger partial charge in [-0.15, -0.1) is 10.2 Å². The number of rotatable bonds is 5. The Bertz CT molecular complexity index is 1090. The fourth-order valence-corrected chi connectivity index (χ4v) is 2.32. The first-order valence-electron chi connectivity index (χ1n) is 7.87. The number of pyridine rings is 1. The zero-order valence-corrected chi connectivity index (χ0v) is 13.8. The maximum atomic E-state index is 9.16. The van der Waals surface area contributed by atoms with Crippen LogP contribution in [-0.2, 0) is 0 Å². The molecule has 4 aromatic rings. The lowest BCUT2D eigenvalue weighted by Gasteiger charge is -2.02. The van der Waals surface area contributed by atoms with Crippen LogP contribution in [-0.4, -0.2) is 40.8 Å². The summed E-state index contributed by atoms with van der Waals surface area (Å²) in [6.07, 6.45) is 4.94. The largest absolute Gasteiger partial charge is 0.360 e. The summed E-state index contributed by atoms with van der Waals surface area (Å²) in [5.41, 5.74) is 2.78. The Morgan fingerprint density at radius 3 is 2.70 bits per heavy atom. The van der Waals surface area contributed by atoms with Crippen LogP contribution >= 0.6 is 0 Å². The molecule has 0 saturated carbocycles. The highest BCUT2D eigenvalue weighted by atomic mass is 15.5. The number of hydrogen-bond acceptors (Lipinski definition) is 8. The number of nitrogens with zero attached hydrogens (tertiary/aromatic N) is 7. The Balaban J connectivity index is 1.50. The lowest BCUT2D eigenvalue weighted by atomic mass is 10.2. The number of anilines is 1. The van der Waals surface area contributed by atoms with Crippen LogP contribution < -0.4 is 5.32 Å². The summed E-state index contributed by atoms with van der Waals surface area (Å²) in [5.74, 6) is 1.47. The van der Waals surface area contributed by atoms with Crippen LogP contribution in [0.15, 0.2) is 55.0 Å². The lowest BCUT2D eigenvalue weighted by Crippen LogP contribution is -1.93. The number of tetrazole rings is 1. The second-order valence-corrected chi connectivity index (χ2v) is 5.38. The van der Waals surface area contributed by atoms with Gasteiger partial charge in [0.2, 0.25) is 5.82 Å². The smallest absolute Gasteiger partial charge is 0.216 e. The third-order valence-electron chi connectivity index (χ3n) is 3.65. The average Bonchev–Trinajstić information content (AvgIpc) is 3.42. The number of H-pyrrole nitrogens is 2. The van der Waals surface area contributed by atoms with E-state index in [1.807, 2.05) is 42.5 Å². The van der Waals surface area contributed by atoms with Crippen LogP contribution in [0.1, 0.15) is 5.82 Å². The van der Waals surface area contributed by atoms with Crippen molar-refractivity contribution in [2.45, 2.75) is 0 Å². The van der Waals surface area contributed by atoms with Gasteiger partial charge in [0.1, 0.15) is 11.6 Å². The first-order chi connectivity index (χ1) is 13.3. The summed E-state index contributed by atoms with van der Waals surface area (Å²) >= 11 is 0. The van der Waals surface area contributed by atoms with E-state index >= 15 is 0 Å². The van der Waals surface area contributed by atoms with Crippen LogP contribution in [0, 0.1) is 11.3 Å². The molecule has 0 saturated heterocycles. The molecule has 0 amide bonds. The molecule has 0 bridgehead atoms. The Kier molecular flexibility index (Phi) is 4.32. The minimum absolute atomic E-state index is 0.228. The average molecular weight is 356 g/mol.